The fourth-order valence-corrected chi connectivity index (χ4v) is 3.36. The van der Waals surface area contributed by atoms with E-state index in [2.05, 4.69) is 12.0 Å². The van der Waals surface area contributed by atoms with Crippen molar-refractivity contribution >= 4 is 5.91 Å². The number of hydrogen-bond donors (Lipinski definition) is 0. The molecule has 1 amide bonds. The first-order valence-electron chi connectivity index (χ1n) is 8.01. The molecule has 0 N–H and O–H groups in total. The molecule has 1 saturated heterocycles. The highest BCUT2D eigenvalue weighted by atomic mass is 16.2. The molecule has 1 aliphatic carbocycles. The summed E-state index contributed by atoms with van der Waals surface area (Å²) >= 11 is 0. The smallest absolute Gasteiger partial charge is 0.267 e. The summed E-state index contributed by atoms with van der Waals surface area (Å²) in [7, 11) is 0. The van der Waals surface area contributed by atoms with E-state index in [1.165, 1.54) is 11.1 Å². The quantitative estimate of drug-likeness (QED) is 0.826. The van der Waals surface area contributed by atoms with Crippen LogP contribution in [0, 0.1) is 5.92 Å². The molecule has 0 saturated carbocycles. The summed E-state index contributed by atoms with van der Waals surface area (Å²) in [5.74, 6) is 0.572. The molecule has 1 fully saturated rings. The summed E-state index contributed by atoms with van der Waals surface area (Å²) in [6, 6.07) is 1.67. The standard InChI is InChI=1S/C16H23N3O2/c1-12-5-4-8-18(10-12)16(21)11-19-15(20)9-13-6-2-3-7-14(13)17-19/h9,12H,2-8,10-11H2,1H3/t12-/m0/s1. The molecule has 3 rings (SSSR count). The van der Waals surface area contributed by atoms with Gasteiger partial charge in [-0.1, -0.05) is 6.92 Å². The van der Waals surface area contributed by atoms with Gasteiger partial charge in [0.05, 0.1) is 5.69 Å². The van der Waals surface area contributed by atoms with Gasteiger partial charge in [0, 0.05) is 19.2 Å². The lowest BCUT2D eigenvalue weighted by molar-refractivity contribution is -0.133. The zero-order valence-electron chi connectivity index (χ0n) is 12.7. The van der Waals surface area contributed by atoms with Crippen molar-refractivity contribution in [3.63, 3.8) is 0 Å². The van der Waals surface area contributed by atoms with Gasteiger partial charge in [-0.2, -0.15) is 5.10 Å². The van der Waals surface area contributed by atoms with Crippen molar-refractivity contribution in [3.05, 3.63) is 27.7 Å². The lowest BCUT2D eigenvalue weighted by atomic mass is 9.97. The number of piperidine rings is 1. The van der Waals surface area contributed by atoms with Crippen molar-refractivity contribution in [2.24, 2.45) is 5.92 Å². The average Bonchev–Trinajstić information content (AvgIpc) is 2.48. The van der Waals surface area contributed by atoms with Crippen molar-refractivity contribution in [1.82, 2.24) is 14.7 Å². The van der Waals surface area contributed by atoms with E-state index in [0.29, 0.717) is 5.92 Å². The topological polar surface area (TPSA) is 55.2 Å². The summed E-state index contributed by atoms with van der Waals surface area (Å²) in [4.78, 5) is 26.3. The van der Waals surface area contributed by atoms with Crippen LogP contribution in [0.4, 0.5) is 0 Å². The summed E-state index contributed by atoms with van der Waals surface area (Å²) in [5.41, 5.74) is 1.93. The highest BCUT2D eigenvalue weighted by Crippen LogP contribution is 2.18. The van der Waals surface area contributed by atoms with E-state index in [-0.39, 0.29) is 18.0 Å². The summed E-state index contributed by atoms with van der Waals surface area (Å²) in [6.07, 6.45) is 6.35. The number of fused-ring (bicyclic) bond motifs is 1. The Bertz CT molecular complexity index is 594. The zero-order valence-corrected chi connectivity index (χ0v) is 12.7. The molecular formula is C16H23N3O2. The Hall–Kier alpha value is -1.65. The fourth-order valence-electron chi connectivity index (χ4n) is 3.36. The van der Waals surface area contributed by atoms with Crippen LogP contribution in [0.3, 0.4) is 0 Å². The van der Waals surface area contributed by atoms with Crippen LogP contribution >= 0.6 is 0 Å². The Kier molecular flexibility index (Phi) is 4.08. The minimum Gasteiger partial charge on any atom is -0.341 e. The van der Waals surface area contributed by atoms with Gasteiger partial charge in [-0.15, -0.1) is 0 Å². The first-order valence-corrected chi connectivity index (χ1v) is 8.01. The molecule has 2 heterocycles. The van der Waals surface area contributed by atoms with Crippen LogP contribution in [0.5, 0.6) is 0 Å². The Labute approximate surface area is 124 Å². The van der Waals surface area contributed by atoms with E-state index in [9.17, 15) is 9.59 Å². The molecule has 1 aromatic heterocycles. The van der Waals surface area contributed by atoms with Crippen molar-refractivity contribution < 1.29 is 4.79 Å². The van der Waals surface area contributed by atoms with Crippen LogP contribution in [0.15, 0.2) is 10.9 Å². The molecule has 1 atom stereocenters. The Morgan fingerprint density at radius 3 is 2.95 bits per heavy atom. The SMILES string of the molecule is C[C@H]1CCCN(C(=O)Cn2nc3c(cc2=O)CCCC3)C1. The van der Waals surface area contributed by atoms with Crippen molar-refractivity contribution in [3.8, 4) is 0 Å². The number of hydrogen-bond acceptors (Lipinski definition) is 3. The number of aromatic nitrogens is 2. The fraction of sp³-hybridized carbons (Fsp3) is 0.688. The third kappa shape index (κ3) is 3.17. The van der Waals surface area contributed by atoms with Crippen molar-refractivity contribution in [2.45, 2.75) is 52.0 Å². The molecule has 5 nitrogen and oxygen atoms in total. The van der Waals surface area contributed by atoms with Gasteiger partial charge >= 0.3 is 0 Å². The van der Waals surface area contributed by atoms with Gasteiger partial charge in [0.1, 0.15) is 6.54 Å². The van der Waals surface area contributed by atoms with Gasteiger partial charge in [-0.05, 0) is 50.0 Å². The molecule has 1 aromatic rings. The molecule has 0 aromatic carbocycles. The molecule has 2 aliphatic rings. The molecule has 1 aliphatic heterocycles. The maximum absolute atomic E-state index is 12.4. The van der Waals surface area contributed by atoms with Gasteiger partial charge in [-0.3, -0.25) is 9.59 Å². The first kappa shape index (κ1) is 14.3. The maximum atomic E-state index is 12.4. The third-order valence-corrected chi connectivity index (χ3v) is 4.57. The third-order valence-electron chi connectivity index (χ3n) is 4.57. The van der Waals surface area contributed by atoms with Gasteiger partial charge < -0.3 is 4.90 Å². The van der Waals surface area contributed by atoms with Crippen LogP contribution < -0.4 is 5.56 Å². The number of amides is 1. The van der Waals surface area contributed by atoms with Crippen molar-refractivity contribution in [2.75, 3.05) is 13.1 Å². The molecule has 0 spiro atoms. The molecule has 5 heteroatoms. The molecular weight excluding hydrogens is 266 g/mol. The predicted octanol–water partition coefficient (Wildman–Crippen LogP) is 1.38. The van der Waals surface area contributed by atoms with Crippen LogP contribution in [-0.4, -0.2) is 33.7 Å². The Balaban J connectivity index is 1.75. The van der Waals surface area contributed by atoms with E-state index in [4.69, 9.17) is 0 Å². The second kappa shape index (κ2) is 6.00. The largest absolute Gasteiger partial charge is 0.341 e. The van der Waals surface area contributed by atoms with Crippen LogP contribution in [0.1, 0.15) is 43.9 Å². The summed E-state index contributed by atoms with van der Waals surface area (Å²) in [5, 5.41) is 4.42. The molecule has 0 radical (unpaired) electrons. The van der Waals surface area contributed by atoms with E-state index >= 15 is 0 Å². The maximum Gasteiger partial charge on any atom is 0.267 e. The van der Waals surface area contributed by atoms with E-state index < -0.39 is 0 Å². The number of carbonyl (C=O) groups is 1. The Morgan fingerprint density at radius 2 is 2.14 bits per heavy atom. The average molecular weight is 289 g/mol. The van der Waals surface area contributed by atoms with Gasteiger partial charge in [-0.25, -0.2) is 4.68 Å². The lowest BCUT2D eigenvalue weighted by Gasteiger charge is -2.31. The number of likely N-dealkylation sites (tertiary alicyclic amines) is 1. The number of aryl methyl sites for hydroxylation is 2. The highest BCUT2D eigenvalue weighted by Gasteiger charge is 2.22. The summed E-state index contributed by atoms with van der Waals surface area (Å²) in [6.45, 7) is 3.86. The highest BCUT2D eigenvalue weighted by molar-refractivity contribution is 5.76. The first-order chi connectivity index (χ1) is 10.1. The van der Waals surface area contributed by atoms with Gasteiger partial charge in [0.15, 0.2) is 0 Å². The molecule has 0 bridgehead atoms. The Morgan fingerprint density at radius 1 is 1.33 bits per heavy atom. The molecule has 21 heavy (non-hydrogen) atoms. The van der Waals surface area contributed by atoms with E-state index in [1.807, 2.05) is 4.90 Å². The zero-order chi connectivity index (χ0) is 14.8. The van der Waals surface area contributed by atoms with Crippen LogP contribution in [0.25, 0.3) is 0 Å². The second-order valence-electron chi connectivity index (χ2n) is 6.41. The van der Waals surface area contributed by atoms with E-state index in [1.54, 1.807) is 6.07 Å². The minimum atomic E-state index is -0.144. The van der Waals surface area contributed by atoms with Crippen molar-refractivity contribution in [1.29, 1.82) is 0 Å². The number of carbonyl (C=O) groups excluding carboxylic acids is 1. The van der Waals surface area contributed by atoms with Crippen LogP contribution in [-0.2, 0) is 24.2 Å². The monoisotopic (exact) mass is 289 g/mol. The second-order valence-corrected chi connectivity index (χ2v) is 6.41. The van der Waals surface area contributed by atoms with E-state index in [0.717, 1.165) is 56.5 Å². The minimum absolute atomic E-state index is 0.0203. The van der Waals surface area contributed by atoms with Crippen LogP contribution in [0.2, 0.25) is 0 Å². The normalized spacial score (nSPS) is 22.0. The summed E-state index contributed by atoms with van der Waals surface area (Å²) < 4.78 is 1.35. The number of rotatable bonds is 2. The van der Waals surface area contributed by atoms with Gasteiger partial charge in [0.2, 0.25) is 5.91 Å². The van der Waals surface area contributed by atoms with Gasteiger partial charge in [0.25, 0.3) is 5.56 Å². The molecule has 114 valence electrons. The molecule has 0 unspecified atom stereocenters. The predicted molar refractivity (Wildman–Crippen MR) is 80.1 cm³/mol. The number of nitrogens with zero attached hydrogens (tertiary/aromatic N) is 3. The lowest BCUT2D eigenvalue weighted by Crippen LogP contribution is -2.42.